The maximum absolute atomic E-state index is 6.41. The minimum atomic E-state index is -0.0794. The molecule has 1 aliphatic heterocycles. The lowest BCUT2D eigenvalue weighted by atomic mass is 10.0. The van der Waals surface area contributed by atoms with Crippen molar-refractivity contribution in [2.24, 2.45) is 0 Å². The largest absolute Gasteiger partial charge is 0.362 e. The number of rotatable bonds is 4. The van der Waals surface area contributed by atoms with E-state index in [0.29, 0.717) is 11.7 Å². The molecule has 8 heteroatoms. The van der Waals surface area contributed by atoms with Crippen LogP contribution in [-0.4, -0.2) is 26.6 Å². The van der Waals surface area contributed by atoms with Gasteiger partial charge in [0.2, 0.25) is 0 Å². The molecule has 1 aromatic carbocycles. The number of aromatic nitrogens is 4. The monoisotopic (exact) mass is 403 g/mol. The van der Waals surface area contributed by atoms with Crippen LogP contribution in [0.25, 0.3) is 22.3 Å². The molecule has 0 saturated carbocycles. The maximum atomic E-state index is 6.41. The second-order valence-corrected chi connectivity index (χ2v) is 7.20. The van der Waals surface area contributed by atoms with Crippen LogP contribution in [0.1, 0.15) is 18.5 Å². The topological polar surface area (TPSA) is 87.7 Å². The zero-order valence-corrected chi connectivity index (χ0v) is 16.4. The van der Waals surface area contributed by atoms with Gasteiger partial charge in [-0.1, -0.05) is 29.8 Å². The van der Waals surface area contributed by atoms with E-state index in [0.717, 1.165) is 45.2 Å². The average molecular weight is 404 g/mol. The fraction of sp³-hybridized carbons (Fsp3) is 0.143. The summed E-state index contributed by atoms with van der Waals surface area (Å²) in [5.41, 5.74) is 4.24. The van der Waals surface area contributed by atoms with Gasteiger partial charge in [0.05, 0.1) is 34.6 Å². The Labute approximate surface area is 172 Å². The molecule has 0 radical (unpaired) electrons. The molecule has 5 rings (SSSR count). The lowest BCUT2D eigenvalue weighted by Crippen LogP contribution is -2.12. The normalized spacial score (nSPS) is 13.4. The first-order chi connectivity index (χ1) is 14.2. The molecule has 4 heterocycles. The van der Waals surface area contributed by atoms with Gasteiger partial charge in [-0.15, -0.1) is 0 Å². The minimum absolute atomic E-state index is 0.0794. The van der Waals surface area contributed by atoms with Gasteiger partial charge in [-0.3, -0.25) is 4.98 Å². The third-order valence-electron chi connectivity index (χ3n) is 4.92. The van der Waals surface area contributed by atoms with E-state index in [4.69, 9.17) is 16.6 Å². The molecule has 0 fully saturated rings. The van der Waals surface area contributed by atoms with Crippen LogP contribution < -0.4 is 16.0 Å². The predicted molar refractivity (Wildman–Crippen MR) is 116 cm³/mol. The van der Waals surface area contributed by atoms with Crippen molar-refractivity contribution in [3.05, 3.63) is 65.6 Å². The van der Waals surface area contributed by atoms with Gasteiger partial charge in [-0.2, -0.15) is 0 Å². The van der Waals surface area contributed by atoms with E-state index in [2.05, 4.69) is 43.9 Å². The third-order valence-corrected chi connectivity index (χ3v) is 5.23. The number of pyridine rings is 2. The Hall–Kier alpha value is -3.45. The fourth-order valence-corrected chi connectivity index (χ4v) is 3.74. The zero-order chi connectivity index (χ0) is 19.8. The van der Waals surface area contributed by atoms with Crippen molar-refractivity contribution in [2.75, 3.05) is 22.6 Å². The number of nitrogens with zero attached hydrogens (tertiary/aromatic N) is 4. The van der Waals surface area contributed by atoms with Crippen LogP contribution >= 0.6 is 11.6 Å². The van der Waals surface area contributed by atoms with Crippen molar-refractivity contribution < 1.29 is 0 Å². The summed E-state index contributed by atoms with van der Waals surface area (Å²) in [4.78, 5) is 18.1. The Kier molecular flexibility index (Phi) is 4.37. The Morgan fingerprint density at radius 1 is 1.07 bits per heavy atom. The average Bonchev–Trinajstić information content (AvgIpc) is 3.24. The van der Waals surface area contributed by atoms with Crippen molar-refractivity contribution in [1.29, 1.82) is 0 Å². The summed E-state index contributed by atoms with van der Waals surface area (Å²) in [7, 11) is 0. The Bertz CT molecular complexity index is 1200. The Morgan fingerprint density at radius 2 is 2.00 bits per heavy atom. The molecule has 1 aliphatic rings. The van der Waals surface area contributed by atoms with Gasteiger partial charge in [0.1, 0.15) is 12.0 Å². The Balaban J connectivity index is 1.62. The van der Waals surface area contributed by atoms with Crippen molar-refractivity contribution in [3.8, 4) is 11.4 Å². The molecule has 0 spiro atoms. The number of para-hydroxylation sites is 1. The van der Waals surface area contributed by atoms with Gasteiger partial charge in [-0.25, -0.2) is 15.0 Å². The van der Waals surface area contributed by atoms with Crippen molar-refractivity contribution in [1.82, 2.24) is 19.9 Å². The van der Waals surface area contributed by atoms with Crippen LogP contribution in [0.4, 0.5) is 17.3 Å². The summed E-state index contributed by atoms with van der Waals surface area (Å²) in [6, 6.07) is 13.6. The van der Waals surface area contributed by atoms with Gasteiger partial charge in [-0.05, 0) is 31.2 Å². The van der Waals surface area contributed by atoms with Crippen LogP contribution in [0.15, 0.2) is 55.0 Å². The third kappa shape index (κ3) is 3.19. The highest BCUT2D eigenvalue weighted by Crippen LogP contribution is 2.35. The lowest BCUT2D eigenvalue weighted by Gasteiger charge is -2.20. The first-order valence-corrected chi connectivity index (χ1v) is 9.68. The van der Waals surface area contributed by atoms with E-state index < -0.39 is 0 Å². The molecular weight excluding hydrogens is 386 g/mol. The van der Waals surface area contributed by atoms with Gasteiger partial charge in [0, 0.05) is 17.1 Å². The number of nitrogens with one attached hydrogen (secondary N) is 3. The molecule has 0 amide bonds. The quantitative estimate of drug-likeness (QED) is 0.454. The van der Waals surface area contributed by atoms with Gasteiger partial charge in [0.25, 0.3) is 0 Å². The summed E-state index contributed by atoms with van der Waals surface area (Å²) in [6.45, 7) is 2.71. The highest BCUT2D eigenvalue weighted by molar-refractivity contribution is 6.35. The minimum Gasteiger partial charge on any atom is -0.362 e. The van der Waals surface area contributed by atoms with Crippen molar-refractivity contribution >= 4 is 39.8 Å². The van der Waals surface area contributed by atoms with E-state index >= 15 is 0 Å². The highest BCUT2D eigenvalue weighted by atomic mass is 35.5. The smallest absolute Gasteiger partial charge is 0.156 e. The summed E-state index contributed by atoms with van der Waals surface area (Å²) in [5, 5.41) is 11.5. The summed E-state index contributed by atoms with van der Waals surface area (Å²) in [5.74, 6) is 1.54. The molecule has 7 nitrogen and oxygen atoms in total. The van der Waals surface area contributed by atoms with Gasteiger partial charge in [0.15, 0.2) is 11.6 Å². The molecule has 4 aromatic rings. The number of halogens is 1. The number of hydrogen-bond donors (Lipinski definition) is 3. The van der Waals surface area contributed by atoms with E-state index in [9.17, 15) is 0 Å². The molecule has 3 N–H and O–H groups in total. The van der Waals surface area contributed by atoms with Gasteiger partial charge < -0.3 is 16.0 Å². The summed E-state index contributed by atoms with van der Waals surface area (Å²) in [6.07, 6.45) is 3.31. The standard InChI is InChI=1S/C21H18ClN7/c1-12(28-21-19-20(25-10-24-19)26-11-27-21)14-9-13-5-4-6-15(22)17(13)29-18(14)16-7-2-3-8-23-16/h2-9,11-12,24H,10H2,1H3,(H2,25,26,27,28)/t12-/m0/s1. The van der Waals surface area contributed by atoms with Crippen molar-refractivity contribution in [2.45, 2.75) is 13.0 Å². The summed E-state index contributed by atoms with van der Waals surface area (Å²) < 4.78 is 0. The zero-order valence-electron chi connectivity index (χ0n) is 15.6. The molecule has 0 aliphatic carbocycles. The SMILES string of the molecule is C[C@H](Nc1ncnc2c1NCN2)c1cc2cccc(Cl)c2nc1-c1ccccn1. The van der Waals surface area contributed by atoms with Crippen molar-refractivity contribution in [3.63, 3.8) is 0 Å². The fourth-order valence-electron chi connectivity index (χ4n) is 3.51. The van der Waals surface area contributed by atoms with E-state index in [1.54, 1.807) is 12.5 Å². The van der Waals surface area contributed by atoms with Gasteiger partial charge >= 0.3 is 0 Å². The van der Waals surface area contributed by atoms with E-state index in [1.165, 1.54) is 0 Å². The molecule has 0 bridgehead atoms. The number of hydrogen-bond acceptors (Lipinski definition) is 7. The molecular formula is C21H18ClN7. The number of anilines is 3. The second-order valence-electron chi connectivity index (χ2n) is 6.79. The first-order valence-electron chi connectivity index (χ1n) is 9.30. The Morgan fingerprint density at radius 3 is 2.86 bits per heavy atom. The molecule has 0 unspecified atom stereocenters. The predicted octanol–water partition coefficient (Wildman–Crippen LogP) is 4.71. The van der Waals surface area contributed by atoms with Crippen LogP contribution in [0, 0.1) is 0 Å². The highest BCUT2D eigenvalue weighted by Gasteiger charge is 2.21. The van der Waals surface area contributed by atoms with Crippen LogP contribution in [-0.2, 0) is 0 Å². The maximum Gasteiger partial charge on any atom is 0.156 e. The molecule has 29 heavy (non-hydrogen) atoms. The molecule has 1 atom stereocenters. The number of benzene rings is 1. The number of fused-ring (bicyclic) bond motifs is 2. The van der Waals surface area contributed by atoms with E-state index in [1.807, 2.05) is 36.4 Å². The van der Waals surface area contributed by atoms with Crippen LogP contribution in [0.3, 0.4) is 0 Å². The lowest BCUT2D eigenvalue weighted by molar-refractivity contribution is 0.870. The molecule has 3 aromatic heterocycles. The second kappa shape index (κ2) is 7.18. The van der Waals surface area contributed by atoms with Crippen LogP contribution in [0.2, 0.25) is 5.02 Å². The molecule has 0 saturated heterocycles. The van der Waals surface area contributed by atoms with Crippen LogP contribution in [0.5, 0.6) is 0 Å². The first kappa shape index (κ1) is 17.6. The summed E-state index contributed by atoms with van der Waals surface area (Å²) >= 11 is 6.41. The van der Waals surface area contributed by atoms with E-state index in [-0.39, 0.29) is 6.04 Å². The molecule has 144 valence electrons.